The average molecular weight is 349 g/mol. The Kier molecular flexibility index (Phi) is 4.88. The summed E-state index contributed by atoms with van der Waals surface area (Å²) >= 11 is -2.37. The third-order valence-corrected chi connectivity index (χ3v) is 8.85. The molecule has 6 nitrogen and oxygen atoms in total. The van der Waals surface area contributed by atoms with Crippen LogP contribution in [0.4, 0.5) is 0 Å². The summed E-state index contributed by atoms with van der Waals surface area (Å²) < 4.78 is -3.41. The van der Waals surface area contributed by atoms with Gasteiger partial charge in [-0.3, -0.25) is 0 Å². The second-order valence-electron chi connectivity index (χ2n) is 4.10. The van der Waals surface area contributed by atoms with E-state index < -0.39 is 51.5 Å². The van der Waals surface area contributed by atoms with E-state index in [4.69, 9.17) is 10.2 Å². The fraction of sp³-hybridized carbons (Fsp3) is 0.600. The Bertz CT molecular complexity index is 322. The third-order valence-electron chi connectivity index (χ3n) is 2.76. The molecule has 2 N–H and O–H groups in total. The van der Waals surface area contributed by atoms with Gasteiger partial charge < -0.3 is 0 Å². The first kappa shape index (κ1) is 16.1. The van der Waals surface area contributed by atoms with Gasteiger partial charge in [-0.2, -0.15) is 0 Å². The van der Waals surface area contributed by atoms with Crippen LogP contribution in [0.1, 0.15) is 27.7 Å². The van der Waals surface area contributed by atoms with Crippen LogP contribution in [0.5, 0.6) is 0 Å². The first-order chi connectivity index (χ1) is 7.48. The molecule has 0 amide bonds. The van der Waals surface area contributed by atoms with Gasteiger partial charge in [0.15, 0.2) is 0 Å². The Morgan fingerprint density at radius 3 is 1.18 bits per heavy atom. The van der Waals surface area contributed by atoms with Crippen LogP contribution in [0.2, 0.25) is 6.86 Å². The molecule has 2 radical (unpaired) electrons. The molecule has 0 aromatic heterocycles. The van der Waals surface area contributed by atoms with Crippen LogP contribution in [-0.2, 0) is 19.2 Å². The first-order valence-corrected chi connectivity index (χ1v) is 7.62. The number of hydrogen-bond acceptors (Lipinski definition) is 4. The normalized spacial score (nSPS) is 17.6. The second-order valence-corrected chi connectivity index (χ2v) is 10.5. The Hall–Kier alpha value is -0.921. The number of carboxylic acid groups (broad SMARTS) is 2. The van der Waals surface area contributed by atoms with Gasteiger partial charge in [0.1, 0.15) is 0 Å². The number of rotatable bonds is 6. The standard InChI is InChI=1S/2C5H7O3.Sn/c2*1-3(4(2)6)5(7)8;/h2*1-2H3,(H,7,8);. The molecule has 0 aliphatic heterocycles. The van der Waals surface area contributed by atoms with Crippen LogP contribution in [0.25, 0.3) is 0 Å². The van der Waals surface area contributed by atoms with E-state index in [1.165, 1.54) is 13.8 Å². The number of carboxylic acids is 2. The summed E-state index contributed by atoms with van der Waals surface area (Å²) in [5, 5.41) is 18.1. The number of carbonyl (C=O) groups excluding carboxylic acids is 2. The van der Waals surface area contributed by atoms with Gasteiger partial charge in [0, 0.05) is 0 Å². The van der Waals surface area contributed by atoms with E-state index in [0.717, 1.165) is 13.8 Å². The van der Waals surface area contributed by atoms with Crippen molar-refractivity contribution in [2.45, 2.75) is 34.6 Å². The van der Waals surface area contributed by atoms with Crippen molar-refractivity contribution in [2.75, 3.05) is 0 Å². The van der Waals surface area contributed by atoms with Crippen LogP contribution in [0.3, 0.4) is 0 Å². The Labute approximate surface area is 109 Å². The molecule has 17 heavy (non-hydrogen) atoms. The molecule has 2 unspecified atom stereocenters. The van der Waals surface area contributed by atoms with Crippen molar-refractivity contribution < 1.29 is 29.4 Å². The van der Waals surface area contributed by atoms with Gasteiger partial charge in [0.05, 0.1) is 0 Å². The van der Waals surface area contributed by atoms with E-state index in [1.807, 2.05) is 0 Å². The Balaban J connectivity index is 5.53. The summed E-state index contributed by atoms with van der Waals surface area (Å²) in [5.41, 5.74) is 0. The molecule has 0 saturated carbocycles. The van der Waals surface area contributed by atoms with Crippen molar-refractivity contribution in [1.82, 2.24) is 0 Å². The van der Waals surface area contributed by atoms with Crippen molar-refractivity contribution in [3.63, 3.8) is 0 Å². The topological polar surface area (TPSA) is 109 Å². The zero-order chi connectivity index (χ0) is 14.0. The van der Waals surface area contributed by atoms with Gasteiger partial charge in [0.25, 0.3) is 0 Å². The maximum atomic E-state index is 11.4. The van der Waals surface area contributed by atoms with Gasteiger partial charge in [-0.05, 0) is 0 Å². The summed E-state index contributed by atoms with van der Waals surface area (Å²) in [6, 6.07) is 0. The minimum atomic E-state index is -2.37. The fourth-order valence-electron chi connectivity index (χ4n) is 1.08. The molecule has 0 aromatic rings. The molecule has 0 spiro atoms. The van der Waals surface area contributed by atoms with Crippen LogP contribution in [0.15, 0.2) is 0 Å². The Morgan fingerprint density at radius 2 is 1.06 bits per heavy atom. The number of ketones is 2. The molecule has 2 atom stereocenters. The molecule has 0 heterocycles. The van der Waals surface area contributed by atoms with Crippen molar-refractivity contribution in [1.29, 1.82) is 0 Å². The van der Waals surface area contributed by atoms with E-state index in [9.17, 15) is 19.2 Å². The summed E-state index contributed by atoms with van der Waals surface area (Å²) in [6.45, 7) is 4.62. The summed E-state index contributed by atoms with van der Waals surface area (Å²) in [4.78, 5) is 45.0. The number of Topliss-reactive ketones (excluding diaryl/α,β-unsaturated/α-hetero) is 2. The molecular weight excluding hydrogens is 335 g/mol. The van der Waals surface area contributed by atoms with Gasteiger partial charge in [0.2, 0.25) is 0 Å². The molecule has 94 valence electrons. The monoisotopic (exact) mass is 350 g/mol. The van der Waals surface area contributed by atoms with Gasteiger partial charge in [-0.1, -0.05) is 0 Å². The van der Waals surface area contributed by atoms with E-state index >= 15 is 0 Å². The van der Waals surface area contributed by atoms with E-state index in [2.05, 4.69) is 0 Å². The van der Waals surface area contributed by atoms with Gasteiger partial charge in [-0.25, -0.2) is 0 Å². The third kappa shape index (κ3) is 3.05. The van der Waals surface area contributed by atoms with Crippen molar-refractivity contribution in [2.24, 2.45) is 0 Å². The van der Waals surface area contributed by atoms with Crippen LogP contribution >= 0.6 is 0 Å². The Morgan fingerprint density at radius 1 is 0.824 bits per heavy atom. The average Bonchev–Trinajstić information content (AvgIpc) is 2.15. The van der Waals surface area contributed by atoms with Crippen molar-refractivity contribution in [3.05, 3.63) is 0 Å². The quantitative estimate of drug-likeness (QED) is 0.531. The van der Waals surface area contributed by atoms with Crippen LogP contribution < -0.4 is 0 Å². The van der Waals surface area contributed by atoms with E-state index in [-0.39, 0.29) is 0 Å². The van der Waals surface area contributed by atoms with E-state index in [0.29, 0.717) is 0 Å². The summed E-state index contributed by atoms with van der Waals surface area (Å²) in [7, 11) is 0. The zero-order valence-corrected chi connectivity index (χ0v) is 12.9. The molecule has 0 saturated heterocycles. The molecule has 7 heteroatoms. The molecule has 0 bridgehead atoms. The minimum absolute atomic E-state index is 0.606. The predicted octanol–water partition coefficient (Wildman–Crippen LogP) is 0.395. The molecule has 0 aliphatic rings. The molecule has 0 aromatic carbocycles. The number of carbonyl (C=O) groups is 4. The molecular formula is C10H14O6Sn. The summed E-state index contributed by atoms with van der Waals surface area (Å²) in [5.74, 6) is -3.92. The molecule has 0 fully saturated rings. The molecule has 0 rings (SSSR count). The first-order valence-electron chi connectivity index (χ1n) is 4.76. The van der Waals surface area contributed by atoms with Crippen molar-refractivity contribution in [3.8, 4) is 0 Å². The second kappa shape index (κ2) is 5.15. The number of aliphatic carboxylic acids is 2. The summed E-state index contributed by atoms with van der Waals surface area (Å²) in [6.07, 6.45) is 0. The van der Waals surface area contributed by atoms with Crippen LogP contribution in [0, 0.1) is 0 Å². The van der Waals surface area contributed by atoms with Crippen molar-refractivity contribution >= 4 is 44.6 Å². The predicted molar refractivity (Wildman–Crippen MR) is 59.1 cm³/mol. The fourth-order valence-corrected chi connectivity index (χ4v) is 5.55. The maximum absolute atomic E-state index is 11.4. The molecule has 0 aliphatic carbocycles. The SMILES string of the molecule is CC(=O)[C](C)([Sn][C](C)(C(C)=O)C(=O)O)C(=O)O. The van der Waals surface area contributed by atoms with Gasteiger partial charge >= 0.3 is 109 Å². The van der Waals surface area contributed by atoms with Crippen LogP contribution in [-0.4, -0.2) is 54.9 Å². The van der Waals surface area contributed by atoms with E-state index in [1.54, 1.807) is 0 Å². The van der Waals surface area contributed by atoms with Gasteiger partial charge in [-0.15, -0.1) is 0 Å². The zero-order valence-electron chi connectivity index (χ0n) is 10.0. The number of hydrogen-bond donors (Lipinski definition) is 2.